The summed E-state index contributed by atoms with van der Waals surface area (Å²) >= 11 is -2.90. The Morgan fingerprint density at radius 3 is 1.82 bits per heavy atom. The standard InChI is InChI=1S/C4H7NO5S/c1-3(6)5(4(2)7)10-11(8)9/h1-2H3,(H,8,9)/p-1. The first kappa shape index (κ1) is 10.2. The monoisotopic (exact) mass is 180 g/mol. The number of carbonyl (C=O) groups is 2. The van der Waals surface area contributed by atoms with Crippen molar-refractivity contribution in [1.82, 2.24) is 5.06 Å². The molecule has 0 aromatic heterocycles. The van der Waals surface area contributed by atoms with Crippen LogP contribution in [0.3, 0.4) is 0 Å². The fourth-order valence-corrected chi connectivity index (χ4v) is 0.719. The minimum absolute atomic E-state index is 0.142. The smallest absolute Gasteiger partial charge is 0.251 e. The summed E-state index contributed by atoms with van der Waals surface area (Å²) in [5.41, 5.74) is 0. The van der Waals surface area contributed by atoms with Gasteiger partial charge in [-0.3, -0.25) is 9.59 Å². The van der Waals surface area contributed by atoms with Gasteiger partial charge in [-0.25, -0.2) is 4.21 Å². The van der Waals surface area contributed by atoms with Crippen LogP contribution < -0.4 is 0 Å². The molecule has 0 aliphatic rings. The Morgan fingerprint density at radius 1 is 1.36 bits per heavy atom. The average Bonchev–Trinajstić information content (AvgIpc) is 1.81. The first-order valence-corrected chi connectivity index (χ1v) is 3.54. The second kappa shape index (κ2) is 4.16. The lowest BCUT2D eigenvalue weighted by atomic mass is 10.6. The van der Waals surface area contributed by atoms with Crippen LogP contribution in [0.1, 0.15) is 13.8 Å². The lowest BCUT2D eigenvalue weighted by Gasteiger charge is -2.15. The molecule has 0 heterocycles. The number of carbonyl (C=O) groups excluding carboxylic acids is 2. The molecule has 1 unspecified atom stereocenters. The molecule has 6 nitrogen and oxygen atoms in total. The van der Waals surface area contributed by atoms with Gasteiger partial charge in [0.05, 0.1) is 0 Å². The SMILES string of the molecule is CC(=O)N(OS(=O)[O-])C(C)=O. The minimum Gasteiger partial charge on any atom is -0.748 e. The Balaban J connectivity index is 4.23. The number of hydrogen-bond donors (Lipinski definition) is 0. The van der Waals surface area contributed by atoms with Crippen molar-refractivity contribution < 1.29 is 22.6 Å². The van der Waals surface area contributed by atoms with E-state index in [1.807, 2.05) is 0 Å². The maximum absolute atomic E-state index is 10.4. The van der Waals surface area contributed by atoms with Gasteiger partial charge in [-0.1, -0.05) is 0 Å². The van der Waals surface area contributed by atoms with Gasteiger partial charge in [-0.2, -0.15) is 4.28 Å². The van der Waals surface area contributed by atoms with Crippen LogP contribution in [-0.2, 0) is 25.2 Å². The third-order valence-electron chi connectivity index (χ3n) is 0.707. The summed E-state index contributed by atoms with van der Waals surface area (Å²) in [6, 6.07) is 0. The Labute approximate surface area is 65.6 Å². The number of rotatable bonds is 2. The van der Waals surface area contributed by atoms with Crippen LogP contribution in [0.4, 0.5) is 0 Å². The van der Waals surface area contributed by atoms with E-state index >= 15 is 0 Å². The topological polar surface area (TPSA) is 86.7 Å². The molecule has 0 N–H and O–H groups in total. The molecule has 11 heavy (non-hydrogen) atoms. The molecule has 0 aliphatic carbocycles. The van der Waals surface area contributed by atoms with Crippen LogP contribution in [0.25, 0.3) is 0 Å². The quantitative estimate of drug-likeness (QED) is 0.406. The first-order chi connectivity index (χ1) is 4.95. The number of hydrogen-bond acceptors (Lipinski definition) is 5. The van der Waals surface area contributed by atoms with Crippen LogP contribution >= 0.6 is 0 Å². The molecule has 0 radical (unpaired) electrons. The molecule has 7 heteroatoms. The summed E-state index contributed by atoms with van der Waals surface area (Å²) in [5.74, 6) is -1.58. The molecule has 0 bridgehead atoms. The predicted octanol–water partition coefficient (Wildman–Crippen LogP) is -0.893. The lowest BCUT2D eigenvalue weighted by molar-refractivity contribution is -0.168. The van der Waals surface area contributed by atoms with Gasteiger partial charge in [0.2, 0.25) is 0 Å². The Morgan fingerprint density at radius 2 is 1.73 bits per heavy atom. The fourth-order valence-electron chi connectivity index (χ4n) is 0.388. The van der Waals surface area contributed by atoms with E-state index in [2.05, 4.69) is 4.28 Å². The summed E-state index contributed by atoms with van der Waals surface area (Å²) in [5, 5.41) is 0.142. The van der Waals surface area contributed by atoms with Crippen LogP contribution in [0.2, 0.25) is 0 Å². The van der Waals surface area contributed by atoms with E-state index in [0.717, 1.165) is 13.8 Å². The zero-order valence-corrected chi connectivity index (χ0v) is 6.71. The van der Waals surface area contributed by atoms with Crippen molar-refractivity contribution in [2.75, 3.05) is 0 Å². The van der Waals surface area contributed by atoms with Gasteiger partial charge < -0.3 is 4.55 Å². The number of hydroxylamine groups is 2. The molecule has 0 rings (SSSR count). The molecule has 0 aromatic rings. The van der Waals surface area contributed by atoms with Crippen molar-refractivity contribution in [2.45, 2.75) is 13.8 Å². The Bertz CT molecular complexity index is 189. The molecule has 0 saturated heterocycles. The van der Waals surface area contributed by atoms with E-state index in [0.29, 0.717) is 0 Å². The summed E-state index contributed by atoms with van der Waals surface area (Å²) in [6.07, 6.45) is 0. The number of imide groups is 1. The lowest BCUT2D eigenvalue weighted by Crippen LogP contribution is -2.33. The minimum atomic E-state index is -2.90. The summed E-state index contributed by atoms with van der Waals surface area (Å²) < 4.78 is 23.5. The van der Waals surface area contributed by atoms with Crippen molar-refractivity contribution in [3.63, 3.8) is 0 Å². The van der Waals surface area contributed by atoms with E-state index in [1.54, 1.807) is 0 Å². The van der Waals surface area contributed by atoms with E-state index in [4.69, 9.17) is 0 Å². The highest BCUT2D eigenvalue weighted by atomic mass is 32.2. The summed E-state index contributed by atoms with van der Waals surface area (Å²) in [7, 11) is 0. The van der Waals surface area contributed by atoms with Gasteiger partial charge in [-0.15, -0.1) is 5.06 Å². The molecule has 1 atom stereocenters. The Hall–Kier alpha value is -0.790. The average molecular weight is 180 g/mol. The molecule has 0 aromatic carbocycles. The second-order valence-corrected chi connectivity index (χ2v) is 2.17. The number of amides is 2. The van der Waals surface area contributed by atoms with Crippen LogP contribution in [0.5, 0.6) is 0 Å². The van der Waals surface area contributed by atoms with E-state index in [9.17, 15) is 18.4 Å². The maximum atomic E-state index is 10.4. The molecular weight excluding hydrogens is 174 g/mol. The third kappa shape index (κ3) is 3.81. The third-order valence-corrected chi connectivity index (χ3v) is 0.978. The van der Waals surface area contributed by atoms with Crippen LogP contribution in [0, 0.1) is 0 Å². The summed E-state index contributed by atoms with van der Waals surface area (Å²) in [4.78, 5) is 20.9. The highest BCUT2D eigenvalue weighted by Crippen LogP contribution is 1.93. The van der Waals surface area contributed by atoms with Crippen LogP contribution in [0.15, 0.2) is 0 Å². The highest BCUT2D eigenvalue weighted by Gasteiger charge is 2.14. The molecule has 0 aliphatic heterocycles. The van der Waals surface area contributed by atoms with Crippen LogP contribution in [-0.4, -0.2) is 25.6 Å². The van der Waals surface area contributed by atoms with Crippen molar-refractivity contribution in [2.24, 2.45) is 0 Å². The fraction of sp³-hybridized carbons (Fsp3) is 0.500. The van der Waals surface area contributed by atoms with Gasteiger partial charge in [0.15, 0.2) is 0 Å². The predicted molar refractivity (Wildman–Crippen MR) is 33.2 cm³/mol. The van der Waals surface area contributed by atoms with E-state index in [1.165, 1.54) is 0 Å². The second-order valence-electron chi connectivity index (χ2n) is 1.61. The van der Waals surface area contributed by atoms with Gasteiger partial charge in [0, 0.05) is 13.8 Å². The van der Waals surface area contributed by atoms with Gasteiger partial charge >= 0.3 is 0 Å². The number of nitrogens with zero attached hydrogens (tertiary/aromatic N) is 1. The van der Waals surface area contributed by atoms with Crippen molar-refractivity contribution >= 4 is 23.2 Å². The van der Waals surface area contributed by atoms with Gasteiger partial charge in [0.1, 0.15) is 11.4 Å². The normalized spacial score (nSPS) is 12.3. The first-order valence-electron chi connectivity index (χ1n) is 2.54. The molecule has 0 fully saturated rings. The summed E-state index contributed by atoms with van der Waals surface area (Å²) in [6.45, 7) is 2.02. The van der Waals surface area contributed by atoms with E-state index < -0.39 is 23.2 Å². The molecule has 0 spiro atoms. The maximum Gasteiger partial charge on any atom is 0.251 e. The largest absolute Gasteiger partial charge is 0.748 e. The zero-order chi connectivity index (χ0) is 9.02. The molecule has 2 amide bonds. The van der Waals surface area contributed by atoms with Gasteiger partial charge in [-0.05, 0) is 0 Å². The molecular formula is C4H6NO5S-. The molecule has 0 saturated carbocycles. The van der Waals surface area contributed by atoms with Crippen molar-refractivity contribution in [1.29, 1.82) is 0 Å². The Kier molecular flexibility index (Phi) is 3.86. The van der Waals surface area contributed by atoms with Crippen molar-refractivity contribution in [3.05, 3.63) is 0 Å². The highest BCUT2D eigenvalue weighted by molar-refractivity contribution is 7.74. The van der Waals surface area contributed by atoms with Gasteiger partial charge in [0.25, 0.3) is 11.8 Å². The van der Waals surface area contributed by atoms with Crippen molar-refractivity contribution in [3.8, 4) is 0 Å². The molecule has 64 valence electrons. The van der Waals surface area contributed by atoms with E-state index in [-0.39, 0.29) is 5.06 Å². The zero-order valence-electron chi connectivity index (χ0n) is 5.90.